The van der Waals surface area contributed by atoms with Gasteiger partial charge in [-0.15, -0.1) is 0 Å². The first-order chi connectivity index (χ1) is 10.3. The molecule has 1 aromatic carbocycles. The van der Waals surface area contributed by atoms with Crippen molar-refractivity contribution >= 4 is 23.1 Å². The van der Waals surface area contributed by atoms with Gasteiger partial charge >= 0.3 is 0 Å². The van der Waals surface area contributed by atoms with Crippen LogP contribution in [0.2, 0.25) is 5.02 Å². The van der Waals surface area contributed by atoms with Gasteiger partial charge in [-0.1, -0.05) is 29.8 Å². The predicted molar refractivity (Wildman–Crippen MR) is 88.4 cm³/mol. The summed E-state index contributed by atoms with van der Waals surface area (Å²) in [6.07, 6.45) is 5.31. The van der Waals surface area contributed by atoms with Crippen molar-refractivity contribution in [3.05, 3.63) is 52.7 Å². The van der Waals surface area contributed by atoms with Crippen LogP contribution in [0.25, 0.3) is 0 Å². The first-order valence-electron chi connectivity index (χ1n) is 7.44. The molecule has 1 N–H and O–H groups in total. The number of anilines is 2. The first kappa shape index (κ1) is 14.4. The maximum Gasteiger partial charge on any atom is 0.133 e. The number of aromatic nitrogens is 1. The van der Waals surface area contributed by atoms with Crippen LogP contribution in [-0.2, 0) is 13.0 Å². The SMILES string of the molecule is CNCc1cc(N2CCCCc3ccccc32)ncc1Cl. The van der Waals surface area contributed by atoms with Gasteiger partial charge < -0.3 is 10.2 Å². The van der Waals surface area contributed by atoms with Crippen molar-refractivity contribution in [2.75, 3.05) is 18.5 Å². The standard InChI is InChI=1S/C17H20ClN3/c1-19-11-14-10-17(20-12-15(14)18)21-9-5-4-7-13-6-2-3-8-16(13)21/h2-3,6,8,10,12,19H,4-5,7,9,11H2,1H3. The molecular formula is C17H20ClN3. The van der Waals surface area contributed by atoms with E-state index < -0.39 is 0 Å². The third-order valence-electron chi connectivity index (χ3n) is 3.92. The molecular weight excluding hydrogens is 282 g/mol. The van der Waals surface area contributed by atoms with Gasteiger partial charge in [0.15, 0.2) is 0 Å². The highest BCUT2D eigenvalue weighted by atomic mass is 35.5. The summed E-state index contributed by atoms with van der Waals surface area (Å²) < 4.78 is 0. The lowest BCUT2D eigenvalue weighted by atomic mass is 10.1. The van der Waals surface area contributed by atoms with Crippen LogP contribution < -0.4 is 10.2 Å². The Bertz CT molecular complexity index is 627. The summed E-state index contributed by atoms with van der Waals surface area (Å²) in [7, 11) is 1.93. The molecule has 0 spiro atoms. The van der Waals surface area contributed by atoms with E-state index in [2.05, 4.69) is 45.5 Å². The number of fused-ring (bicyclic) bond motifs is 1. The van der Waals surface area contributed by atoms with Gasteiger partial charge in [-0.3, -0.25) is 0 Å². The van der Waals surface area contributed by atoms with E-state index in [0.29, 0.717) is 0 Å². The van der Waals surface area contributed by atoms with Gasteiger partial charge in [0.05, 0.1) is 5.02 Å². The Hall–Kier alpha value is -1.58. The minimum Gasteiger partial charge on any atom is -0.326 e. The summed E-state index contributed by atoms with van der Waals surface area (Å²) in [5.41, 5.74) is 3.77. The number of benzene rings is 1. The maximum atomic E-state index is 6.23. The van der Waals surface area contributed by atoms with Crippen LogP contribution >= 0.6 is 11.6 Å². The Kier molecular flexibility index (Phi) is 4.42. The van der Waals surface area contributed by atoms with Crippen molar-refractivity contribution in [3.8, 4) is 0 Å². The molecule has 0 atom stereocenters. The Morgan fingerprint density at radius 2 is 2.14 bits per heavy atom. The predicted octanol–water partition coefficient (Wildman–Crippen LogP) is 3.93. The smallest absolute Gasteiger partial charge is 0.133 e. The quantitative estimate of drug-likeness (QED) is 0.931. The topological polar surface area (TPSA) is 28.2 Å². The van der Waals surface area contributed by atoms with Crippen molar-refractivity contribution in [3.63, 3.8) is 0 Å². The fourth-order valence-corrected chi connectivity index (χ4v) is 3.04. The van der Waals surface area contributed by atoms with E-state index >= 15 is 0 Å². The largest absolute Gasteiger partial charge is 0.326 e. The zero-order valence-electron chi connectivity index (χ0n) is 12.3. The lowest BCUT2D eigenvalue weighted by Gasteiger charge is -2.24. The normalized spacial score (nSPS) is 14.7. The molecule has 21 heavy (non-hydrogen) atoms. The molecule has 1 aliphatic heterocycles. The highest BCUT2D eigenvalue weighted by Crippen LogP contribution is 2.32. The summed E-state index contributed by atoms with van der Waals surface area (Å²) in [5.74, 6) is 0.985. The molecule has 3 rings (SSSR count). The number of hydrogen-bond acceptors (Lipinski definition) is 3. The number of nitrogens with one attached hydrogen (secondary N) is 1. The summed E-state index contributed by atoms with van der Waals surface area (Å²) in [6.45, 7) is 1.76. The monoisotopic (exact) mass is 301 g/mol. The van der Waals surface area contributed by atoms with Crippen LogP contribution in [0.3, 0.4) is 0 Å². The zero-order chi connectivity index (χ0) is 14.7. The van der Waals surface area contributed by atoms with E-state index in [-0.39, 0.29) is 0 Å². The molecule has 110 valence electrons. The second-order valence-electron chi connectivity index (χ2n) is 5.40. The lowest BCUT2D eigenvalue weighted by molar-refractivity contribution is 0.756. The van der Waals surface area contributed by atoms with E-state index in [1.54, 1.807) is 6.20 Å². The number of pyridine rings is 1. The molecule has 0 saturated carbocycles. The second kappa shape index (κ2) is 6.46. The molecule has 0 aliphatic carbocycles. The molecule has 4 heteroatoms. The average Bonchev–Trinajstić information content (AvgIpc) is 2.72. The van der Waals surface area contributed by atoms with E-state index in [9.17, 15) is 0 Å². The molecule has 2 heterocycles. The van der Waals surface area contributed by atoms with Crippen LogP contribution in [-0.4, -0.2) is 18.6 Å². The number of rotatable bonds is 3. The van der Waals surface area contributed by atoms with Crippen LogP contribution in [0.5, 0.6) is 0 Å². The van der Waals surface area contributed by atoms with Crippen LogP contribution in [0.1, 0.15) is 24.0 Å². The third-order valence-corrected chi connectivity index (χ3v) is 4.26. The van der Waals surface area contributed by atoms with E-state index in [1.165, 1.54) is 24.1 Å². The maximum absolute atomic E-state index is 6.23. The number of nitrogens with zero attached hydrogens (tertiary/aromatic N) is 2. The third kappa shape index (κ3) is 3.04. The molecule has 0 saturated heterocycles. The lowest BCUT2D eigenvalue weighted by Crippen LogP contribution is -2.19. The van der Waals surface area contributed by atoms with Crippen molar-refractivity contribution in [1.29, 1.82) is 0 Å². The number of hydrogen-bond donors (Lipinski definition) is 1. The van der Waals surface area contributed by atoms with E-state index in [4.69, 9.17) is 11.6 Å². The highest BCUT2D eigenvalue weighted by molar-refractivity contribution is 6.31. The fourth-order valence-electron chi connectivity index (χ4n) is 2.87. The van der Waals surface area contributed by atoms with Crippen LogP contribution in [0, 0.1) is 0 Å². The van der Waals surface area contributed by atoms with Crippen LogP contribution in [0.15, 0.2) is 36.5 Å². The van der Waals surface area contributed by atoms with Crippen molar-refractivity contribution < 1.29 is 0 Å². The first-order valence-corrected chi connectivity index (χ1v) is 7.82. The Morgan fingerprint density at radius 1 is 1.29 bits per heavy atom. The van der Waals surface area contributed by atoms with Gasteiger partial charge in [0.1, 0.15) is 5.82 Å². The van der Waals surface area contributed by atoms with Gasteiger partial charge in [0.25, 0.3) is 0 Å². The van der Waals surface area contributed by atoms with Gasteiger partial charge in [-0.05, 0) is 49.6 Å². The Labute approximate surface area is 131 Å². The Balaban J connectivity index is 2.01. The summed E-state index contributed by atoms with van der Waals surface area (Å²) >= 11 is 6.23. The van der Waals surface area contributed by atoms with Gasteiger partial charge in [-0.25, -0.2) is 4.98 Å². The van der Waals surface area contributed by atoms with E-state index in [1.807, 2.05) is 7.05 Å². The summed E-state index contributed by atoms with van der Waals surface area (Å²) in [5, 5.41) is 3.87. The van der Waals surface area contributed by atoms with Gasteiger partial charge in [0, 0.05) is 25.0 Å². The molecule has 1 aliphatic rings. The van der Waals surface area contributed by atoms with Crippen LogP contribution in [0.4, 0.5) is 11.5 Å². The molecule has 0 unspecified atom stereocenters. The van der Waals surface area contributed by atoms with E-state index in [0.717, 1.165) is 35.9 Å². The summed E-state index contributed by atoms with van der Waals surface area (Å²) in [4.78, 5) is 6.87. The molecule has 3 nitrogen and oxygen atoms in total. The Morgan fingerprint density at radius 3 is 3.00 bits per heavy atom. The van der Waals surface area contributed by atoms with Gasteiger partial charge in [0.2, 0.25) is 0 Å². The summed E-state index contributed by atoms with van der Waals surface area (Å²) in [6, 6.07) is 10.7. The van der Waals surface area contributed by atoms with Crippen molar-refractivity contribution in [2.45, 2.75) is 25.8 Å². The molecule has 1 aromatic heterocycles. The molecule has 0 fully saturated rings. The zero-order valence-corrected chi connectivity index (χ0v) is 13.0. The average molecular weight is 302 g/mol. The van der Waals surface area contributed by atoms with Crippen molar-refractivity contribution in [1.82, 2.24) is 10.3 Å². The minimum absolute atomic E-state index is 0.719. The number of halogens is 1. The number of aryl methyl sites for hydroxylation is 1. The molecule has 2 aromatic rings. The highest BCUT2D eigenvalue weighted by Gasteiger charge is 2.18. The second-order valence-corrected chi connectivity index (χ2v) is 5.81. The van der Waals surface area contributed by atoms with Crippen molar-refractivity contribution in [2.24, 2.45) is 0 Å². The molecule has 0 radical (unpaired) electrons. The van der Waals surface area contributed by atoms with Gasteiger partial charge in [-0.2, -0.15) is 0 Å². The number of para-hydroxylation sites is 1. The minimum atomic E-state index is 0.719. The molecule has 0 bridgehead atoms. The fraction of sp³-hybridized carbons (Fsp3) is 0.353. The molecule has 0 amide bonds.